The SMILES string of the molecule is O=C(Nc1cc(=O)n(-c2ccccc2)[nH]1)C1CCc2nc[nH]c2C1. The number of benzene rings is 1. The van der Waals surface area contributed by atoms with E-state index >= 15 is 0 Å². The van der Waals surface area contributed by atoms with Crippen molar-refractivity contribution in [3.63, 3.8) is 0 Å². The van der Waals surface area contributed by atoms with E-state index in [1.807, 2.05) is 30.3 Å². The van der Waals surface area contributed by atoms with Crippen molar-refractivity contribution in [1.82, 2.24) is 19.7 Å². The van der Waals surface area contributed by atoms with E-state index < -0.39 is 0 Å². The molecule has 0 aliphatic heterocycles. The molecule has 24 heavy (non-hydrogen) atoms. The monoisotopic (exact) mass is 323 g/mol. The molecule has 1 unspecified atom stereocenters. The quantitative estimate of drug-likeness (QED) is 0.683. The molecule has 0 spiro atoms. The summed E-state index contributed by atoms with van der Waals surface area (Å²) in [4.78, 5) is 31.9. The predicted octanol–water partition coefficient (Wildman–Crippen LogP) is 1.63. The number of hydrogen-bond donors (Lipinski definition) is 3. The Kier molecular flexibility index (Phi) is 3.53. The Labute approximate surface area is 137 Å². The molecule has 0 saturated heterocycles. The molecule has 1 amide bonds. The molecule has 7 nitrogen and oxygen atoms in total. The Hall–Kier alpha value is -3.09. The fourth-order valence-corrected chi connectivity index (χ4v) is 3.09. The molecular weight excluding hydrogens is 306 g/mol. The number of carbonyl (C=O) groups is 1. The minimum Gasteiger partial charge on any atom is -0.348 e. The summed E-state index contributed by atoms with van der Waals surface area (Å²) in [6.45, 7) is 0. The van der Waals surface area contributed by atoms with Gasteiger partial charge < -0.3 is 10.3 Å². The molecule has 7 heteroatoms. The van der Waals surface area contributed by atoms with Crippen molar-refractivity contribution >= 4 is 11.7 Å². The van der Waals surface area contributed by atoms with Crippen LogP contribution in [0.15, 0.2) is 47.5 Å². The number of amides is 1. The fourth-order valence-electron chi connectivity index (χ4n) is 3.09. The zero-order valence-electron chi connectivity index (χ0n) is 13.0. The summed E-state index contributed by atoms with van der Waals surface area (Å²) in [6, 6.07) is 10.6. The molecule has 3 N–H and O–H groups in total. The molecule has 0 radical (unpaired) electrons. The van der Waals surface area contributed by atoms with Crippen molar-refractivity contribution in [2.75, 3.05) is 5.32 Å². The third kappa shape index (κ3) is 2.64. The van der Waals surface area contributed by atoms with Gasteiger partial charge >= 0.3 is 0 Å². The zero-order valence-corrected chi connectivity index (χ0v) is 13.0. The summed E-state index contributed by atoms with van der Waals surface area (Å²) in [7, 11) is 0. The highest BCUT2D eigenvalue weighted by atomic mass is 16.2. The van der Waals surface area contributed by atoms with Gasteiger partial charge in [-0.3, -0.25) is 14.7 Å². The van der Waals surface area contributed by atoms with Crippen molar-refractivity contribution in [2.24, 2.45) is 5.92 Å². The van der Waals surface area contributed by atoms with Crippen molar-refractivity contribution in [1.29, 1.82) is 0 Å². The lowest BCUT2D eigenvalue weighted by Crippen LogP contribution is -2.28. The second-order valence-corrected chi connectivity index (χ2v) is 5.94. The lowest BCUT2D eigenvalue weighted by atomic mass is 9.89. The summed E-state index contributed by atoms with van der Waals surface area (Å²) >= 11 is 0. The number of imidazole rings is 1. The normalized spacial score (nSPS) is 16.6. The summed E-state index contributed by atoms with van der Waals surface area (Å²) < 4.78 is 1.41. The lowest BCUT2D eigenvalue weighted by molar-refractivity contribution is -0.120. The van der Waals surface area contributed by atoms with Gasteiger partial charge in [0.15, 0.2) is 0 Å². The third-order valence-corrected chi connectivity index (χ3v) is 4.35. The molecule has 2 aromatic heterocycles. The Morgan fingerprint density at radius 2 is 2.12 bits per heavy atom. The predicted molar refractivity (Wildman–Crippen MR) is 89.1 cm³/mol. The maximum absolute atomic E-state index is 12.5. The second-order valence-electron chi connectivity index (χ2n) is 5.94. The van der Waals surface area contributed by atoms with Crippen LogP contribution in [0.5, 0.6) is 0 Å². The number of aromatic amines is 2. The van der Waals surface area contributed by atoms with E-state index in [2.05, 4.69) is 20.4 Å². The number of fused-ring (bicyclic) bond motifs is 1. The van der Waals surface area contributed by atoms with Crippen LogP contribution in [0.1, 0.15) is 17.8 Å². The zero-order chi connectivity index (χ0) is 16.5. The third-order valence-electron chi connectivity index (χ3n) is 4.35. The topological polar surface area (TPSA) is 95.6 Å². The van der Waals surface area contributed by atoms with Gasteiger partial charge in [-0.05, 0) is 25.0 Å². The van der Waals surface area contributed by atoms with Crippen molar-refractivity contribution in [3.05, 3.63) is 64.5 Å². The molecule has 0 fully saturated rings. The number of para-hydroxylation sites is 1. The molecule has 1 atom stereocenters. The number of anilines is 1. The minimum absolute atomic E-state index is 0.0864. The van der Waals surface area contributed by atoms with Gasteiger partial charge in [-0.25, -0.2) is 9.67 Å². The van der Waals surface area contributed by atoms with Gasteiger partial charge in [0.05, 0.1) is 17.7 Å². The summed E-state index contributed by atoms with van der Waals surface area (Å²) in [5.41, 5.74) is 2.58. The minimum atomic E-state index is -0.212. The van der Waals surface area contributed by atoms with E-state index in [1.54, 1.807) is 6.33 Å². The van der Waals surface area contributed by atoms with Gasteiger partial charge in [0, 0.05) is 24.1 Å². The summed E-state index contributed by atoms with van der Waals surface area (Å²) in [5, 5.41) is 5.75. The molecule has 2 heterocycles. The van der Waals surface area contributed by atoms with Gasteiger partial charge in [-0.1, -0.05) is 18.2 Å². The maximum atomic E-state index is 12.5. The smallest absolute Gasteiger partial charge is 0.273 e. The number of nitrogens with zero attached hydrogens (tertiary/aromatic N) is 2. The first kappa shape index (κ1) is 14.5. The van der Waals surface area contributed by atoms with Gasteiger partial charge in [0.25, 0.3) is 5.56 Å². The average Bonchev–Trinajstić information content (AvgIpc) is 3.21. The molecule has 3 aromatic rings. The first-order chi connectivity index (χ1) is 11.7. The largest absolute Gasteiger partial charge is 0.348 e. The van der Waals surface area contributed by atoms with E-state index in [4.69, 9.17) is 0 Å². The molecule has 4 rings (SSSR count). The van der Waals surface area contributed by atoms with Crippen molar-refractivity contribution in [3.8, 4) is 5.69 Å². The molecule has 1 aromatic carbocycles. The van der Waals surface area contributed by atoms with Crippen LogP contribution < -0.4 is 10.9 Å². The summed E-state index contributed by atoms with van der Waals surface area (Å²) in [5.74, 6) is 0.197. The number of carbonyl (C=O) groups excluding carboxylic acids is 1. The molecule has 0 saturated carbocycles. The standard InChI is InChI=1S/C17H17N5O2/c23-16-9-15(21-22(16)12-4-2-1-3-5-12)20-17(24)11-6-7-13-14(8-11)19-10-18-13/h1-5,9-11,21H,6-8H2,(H,18,19)(H,20,24). The number of rotatable bonds is 3. The van der Waals surface area contributed by atoms with E-state index in [-0.39, 0.29) is 17.4 Å². The number of aryl methyl sites for hydroxylation is 1. The Morgan fingerprint density at radius 3 is 2.96 bits per heavy atom. The van der Waals surface area contributed by atoms with Crippen LogP contribution in [-0.4, -0.2) is 25.7 Å². The maximum Gasteiger partial charge on any atom is 0.273 e. The molecule has 1 aliphatic carbocycles. The van der Waals surface area contributed by atoms with Crippen LogP contribution in [-0.2, 0) is 17.6 Å². The highest BCUT2D eigenvalue weighted by Gasteiger charge is 2.26. The fraction of sp³-hybridized carbons (Fsp3) is 0.235. The van der Waals surface area contributed by atoms with Gasteiger partial charge in [0.1, 0.15) is 5.82 Å². The van der Waals surface area contributed by atoms with Crippen LogP contribution in [0.25, 0.3) is 5.69 Å². The van der Waals surface area contributed by atoms with E-state index in [9.17, 15) is 9.59 Å². The van der Waals surface area contributed by atoms with Crippen LogP contribution >= 0.6 is 0 Å². The molecule has 1 aliphatic rings. The van der Waals surface area contributed by atoms with Gasteiger partial charge in [-0.2, -0.15) is 0 Å². The van der Waals surface area contributed by atoms with E-state index in [0.717, 1.165) is 29.9 Å². The second kappa shape index (κ2) is 5.84. The van der Waals surface area contributed by atoms with Crippen molar-refractivity contribution < 1.29 is 4.79 Å². The van der Waals surface area contributed by atoms with Crippen LogP contribution in [0.2, 0.25) is 0 Å². The number of aromatic nitrogens is 4. The van der Waals surface area contributed by atoms with Gasteiger partial charge in [-0.15, -0.1) is 0 Å². The van der Waals surface area contributed by atoms with E-state index in [0.29, 0.717) is 12.2 Å². The summed E-state index contributed by atoms with van der Waals surface area (Å²) in [6.07, 6.45) is 3.86. The molecule has 122 valence electrons. The Bertz CT molecular complexity index is 922. The number of hydrogen-bond acceptors (Lipinski definition) is 3. The van der Waals surface area contributed by atoms with Crippen LogP contribution in [0, 0.1) is 5.92 Å². The highest BCUT2D eigenvalue weighted by Crippen LogP contribution is 2.23. The van der Waals surface area contributed by atoms with Crippen molar-refractivity contribution in [2.45, 2.75) is 19.3 Å². The average molecular weight is 323 g/mol. The Balaban J connectivity index is 1.50. The van der Waals surface area contributed by atoms with E-state index in [1.165, 1.54) is 10.7 Å². The highest BCUT2D eigenvalue weighted by molar-refractivity contribution is 5.92. The molecular formula is C17H17N5O2. The number of nitrogens with one attached hydrogen (secondary N) is 3. The van der Waals surface area contributed by atoms with Crippen LogP contribution in [0.4, 0.5) is 5.82 Å². The van der Waals surface area contributed by atoms with Crippen LogP contribution in [0.3, 0.4) is 0 Å². The van der Waals surface area contributed by atoms with Gasteiger partial charge in [0.2, 0.25) is 5.91 Å². The first-order valence-electron chi connectivity index (χ1n) is 7.90. The lowest BCUT2D eigenvalue weighted by Gasteiger charge is -2.20. The molecule has 0 bridgehead atoms. The Morgan fingerprint density at radius 1 is 1.29 bits per heavy atom. The first-order valence-corrected chi connectivity index (χ1v) is 7.90. The number of H-pyrrole nitrogens is 2.